The van der Waals surface area contributed by atoms with Gasteiger partial charge >= 0.3 is 17.9 Å². The summed E-state index contributed by atoms with van der Waals surface area (Å²) in [6.45, 7) is 9.42. The first-order valence-corrected chi connectivity index (χ1v) is 22.0. The molecule has 0 rings (SSSR count). The maximum absolute atomic E-state index is 13.1. The van der Waals surface area contributed by atoms with E-state index in [1.807, 2.05) is 0 Å². The van der Waals surface area contributed by atoms with Crippen molar-refractivity contribution in [3.05, 3.63) is 0 Å². The summed E-state index contributed by atoms with van der Waals surface area (Å²) in [6.07, 6.45) is 34.6. The molecule has 6 heteroatoms. The summed E-state index contributed by atoms with van der Waals surface area (Å²) in [7, 11) is 0. The number of ether oxygens (including phenoxy) is 3. The van der Waals surface area contributed by atoms with Gasteiger partial charge in [-0.15, -0.1) is 0 Å². The Morgan fingerprint density at radius 3 is 0.980 bits per heavy atom. The van der Waals surface area contributed by atoms with Crippen LogP contribution in [0.2, 0.25) is 0 Å². The fourth-order valence-corrected chi connectivity index (χ4v) is 6.61. The van der Waals surface area contributed by atoms with E-state index in [9.17, 15) is 14.4 Å². The molecule has 0 aliphatic carbocycles. The lowest BCUT2D eigenvalue weighted by molar-refractivity contribution is -0.169. The summed E-state index contributed by atoms with van der Waals surface area (Å²) in [5, 5.41) is 0. The van der Waals surface area contributed by atoms with Crippen LogP contribution in [0.4, 0.5) is 0 Å². The molecule has 6 nitrogen and oxygen atoms in total. The Labute approximate surface area is 310 Å². The molecule has 0 saturated carbocycles. The predicted molar refractivity (Wildman–Crippen MR) is 210 cm³/mol. The zero-order chi connectivity index (χ0) is 36.8. The van der Waals surface area contributed by atoms with Gasteiger partial charge in [0.1, 0.15) is 12.2 Å². The summed E-state index contributed by atoms with van der Waals surface area (Å²) in [5.74, 6) is -0.363. The lowest BCUT2D eigenvalue weighted by atomic mass is 9.99. The monoisotopic (exact) mass is 709 g/mol. The molecule has 0 fully saturated rings. The Kier molecular flexibility index (Phi) is 37.4. The first-order chi connectivity index (χ1) is 24.5. The number of hydrogen-bond donors (Lipinski definition) is 0. The second-order valence-corrected chi connectivity index (χ2v) is 14.9. The van der Waals surface area contributed by atoms with Gasteiger partial charge < -0.3 is 14.2 Å². The highest BCUT2D eigenvalue weighted by molar-refractivity contribution is 5.70. The molecule has 2 unspecified atom stereocenters. The van der Waals surface area contributed by atoms with Gasteiger partial charge in [0, 0.05) is 19.3 Å². The van der Waals surface area contributed by atoms with Crippen LogP contribution in [0, 0.1) is 0 Å². The zero-order valence-electron chi connectivity index (χ0n) is 33.9. The minimum absolute atomic E-state index is 0.0784. The molecule has 0 N–H and O–H groups in total. The van der Waals surface area contributed by atoms with E-state index in [-0.39, 0.29) is 30.1 Å². The highest BCUT2D eigenvalue weighted by Gasteiger charge is 2.28. The number of hydrogen-bond acceptors (Lipinski definition) is 6. The van der Waals surface area contributed by atoms with Crippen LogP contribution in [0.1, 0.15) is 246 Å². The smallest absolute Gasteiger partial charge is 0.306 e. The molecule has 0 aliphatic rings. The van der Waals surface area contributed by atoms with Crippen molar-refractivity contribution in [1.29, 1.82) is 0 Å². The molecule has 0 amide bonds. The van der Waals surface area contributed by atoms with Crippen molar-refractivity contribution in [2.45, 2.75) is 258 Å². The second-order valence-electron chi connectivity index (χ2n) is 14.9. The molecule has 0 bridgehead atoms. The van der Waals surface area contributed by atoms with Crippen LogP contribution in [-0.2, 0) is 28.6 Å². The van der Waals surface area contributed by atoms with E-state index < -0.39 is 0 Å². The minimum atomic E-state index is -0.386. The Morgan fingerprint density at radius 1 is 0.340 bits per heavy atom. The van der Waals surface area contributed by atoms with Crippen LogP contribution in [0.25, 0.3) is 0 Å². The third kappa shape index (κ3) is 33.5. The number of carbonyl (C=O) groups is 3. The molecule has 50 heavy (non-hydrogen) atoms. The molecule has 0 heterocycles. The van der Waals surface area contributed by atoms with E-state index in [1.165, 1.54) is 103 Å². The molecule has 0 aliphatic heterocycles. The van der Waals surface area contributed by atoms with E-state index in [4.69, 9.17) is 14.2 Å². The quantitative estimate of drug-likeness (QED) is 0.0359. The number of rotatable bonds is 39. The van der Waals surface area contributed by atoms with Gasteiger partial charge in [-0.25, -0.2) is 0 Å². The predicted octanol–water partition coefficient (Wildman–Crippen LogP) is 13.7. The molecular weight excluding hydrogens is 624 g/mol. The van der Waals surface area contributed by atoms with Crippen molar-refractivity contribution in [3.63, 3.8) is 0 Å². The topological polar surface area (TPSA) is 78.9 Å². The molecule has 2 atom stereocenters. The molecule has 0 saturated heterocycles. The molecule has 0 radical (unpaired) electrons. The Balaban J connectivity index is 5.06. The Hall–Kier alpha value is -1.59. The van der Waals surface area contributed by atoms with Gasteiger partial charge in [-0.2, -0.15) is 0 Å². The van der Waals surface area contributed by atoms with Crippen molar-refractivity contribution in [2.75, 3.05) is 6.61 Å². The van der Waals surface area contributed by atoms with Crippen molar-refractivity contribution >= 4 is 17.9 Å². The van der Waals surface area contributed by atoms with Crippen LogP contribution in [0.15, 0.2) is 0 Å². The van der Waals surface area contributed by atoms with Crippen molar-refractivity contribution in [3.8, 4) is 0 Å². The zero-order valence-corrected chi connectivity index (χ0v) is 33.9. The number of carbonyl (C=O) groups excluding carboxylic acids is 3. The highest BCUT2D eigenvalue weighted by atomic mass is 16.6. The maximum Gasteiger partial charge on any atom is 0.306 e. The Morgan fingerprint density at radius 2 is 0.620 bits per heavy atom. The molecule has 0 aromatic rings. The van der Waals surface area contributed by atoms with Crippen molar-refractivity contribution in [1.82, 2.24) is 0 Å². The SMILES string of the molecule is CCCCCCCCCC(=O)OC(CCCCCCCC)C(CCCCCCCC(=O)OCCCCCC)OC(=O)CCCCCCCCC. The van der Waals surface area contributed by atoms with Crippen molar-refractivity contribution in [2.24, 2.45) is 0 Å². The van der Waals surface area contributed by atoms with Crippen LogP contribution in [0.5, 0.6) is 0 Å². The molecular formula is C44H84O6. The first kappa shape index (κ1) is 48.4. The summed E-state index contributed by atoms with van der Waals surface area (Å²) in [4.78, 5) is 38.2. The van der Waals surface area contributed by atoms with E-state index >= 15 is 0 Å². The van der Waals surface area contributed by atoms with E-state index in [0.717, 1.165) is 89.9 Å². The lowest BCUT2D eigenvalue weighted by Gasteiger charge is -2.27. The van der Waals surface area contributed by atoms with Crippen LogP contribution >= 0.6 is 0 Å². The standard InChI is InChI=1S/C44H84O6/c1-5-9-13-17-20-25-31-37-43(46)49-40(34-28-23-19-15-11-7-3)41(50-44(47)38-32-26-21-18-14-10-6-2)35-29-24-22-27-30-36-42(45)48-39-33-16-12-8-4/h40-41H,5-39H2,1-4H3. The van der Waals surface area contributed by atoms with Gasteiger partial charge in [0.25, 0.3) is 0 Å². The van der Waals surface area contributed by atoms with Gasteiger partial charge in [-0.3, -0.25) is 14.4 Å². The van der Waals surface area contributed by atoms with Crippen LogP contribution < -0.4 is 0 Å². The third-order valence-corrected chi connectivity index (χ3v) is 9.92. The van der Waals surface area contributed by atoms with Gasteiger partial charge in [-0.05, 0) is 51.4 Å². The number of esters is 3. The van der Waals surface area contributed by atoms with E-state index in [2.05, 4.69) is 27.7 Å². The van der Waals surface area contributed by atoms with Crippen LogP contribution in [0.3, 0.4) is 0 Å². The third-order valence-electron chi connectivity index (χ3n) is 9.92. The van der Waals surface area contributed by atoms with Crippen molar-refractivity contribution < 1.29 is 28.6 Å². The summed E-state index contributed by atoms with van der Waals surface area (Å²) < 4.78 is 17.7. The molecule has 296 valence electrons. The lowest BCUT2D eigenvalue weighted by Crippen LogP contribution is -2.35. The summed E-state index contributed by atoms with van der Waals surface area (Å²) >= 11 is 0. The number of unbranched alkanes of at least 4 members (excludes halogenated alkanes) is 24. The largest absolute Gasteiger partial charge is 0.466 e. The van der Waals surface area contributed by atoms with Gasteiger partial charge in [0.05, 0.1) is 6.61 Å². The highest BCUT2D eigenvalue weighted by Crippen LogP contribution is 2.23. The molecule has 0 aromatic heterocycles. The minimum Gasteiger partial charge on any atom is -0.466 e. The van der Waals surface area contributed by atoms with Gasteiger partial charge in [0.2, 0.25) is 0 Å². The van der Waals surface area contributed by atoms with Crippen LogP contribution in [-0.4, -0.2) is 36.7 Å². The fourth-order valence-electron chi connectivity index (χ4n) is 6.61. The normalized spacial score (nSPS) is 12.5. The molecule has 0 aromatic carbocycles. The Bertz CT molecular complexity index is 753. The fraction of sp³-hybridized carbons (Fsp3) is 0.932. The van der Waals surface area contributed by atoms with Gasteiger partial charge in [0.15, 0.2) is 0 Å². The van der Waals surface area contributed by atoms with Gasteiger partial charge in [-0.1, -0.05) is 175 Å². The average molecular weight is 709 g/mol. The van der Waals surface area contributed by atoms with E-state index in [0.29, 0.717) is 32.3 Å². The van der Waals surface area contributed by atoms with E-state index in [1.54, 1.807) is 0 Å². The molecule has 0 spiro atoms. The average Bonchev–Trinajstić information content (AvgIpc) is 3.10. The second kappa shape index (κ2) is 38.6. The maximum atomic E-state index is 13.1. The first-order valence-electron chi connectivity index (χ1n) is 22.0. The summed E-state index contributed by atoms with van der Waals surface area (Å²) in [6, 6.07) is 0. The summed E-state index contributed by atoms with van der Waals surface area (Å²) in [5.41, 5.74) is 0.